The van der Waals surface area contributed by atoms with Crippen LogP contribution in [0.1, 0.15) is 25.8 Å². The topological polar surface area (TPSA) is 80.6 Å². The number of hydrogen-bond donors (Lipinski definition) is 1. The maximum absolute atomic E-state index is 12.1. The SMILES string of the molecule is COCCCNC(=O)/C(C#N)=C/c1cc(Cl)c(OC(C)C)c(OC)c1. The van der Waals surface area contributed by atoms with E-state index in [1.165, 1.54) is 13.2 Å². The number of ether oxygens (including phenoxy) is 3. The maximum atomic E-state index is 12.1. The second kappa shape index (κ2) is 10.6. The molecule has 0 radical (unpaired) electrons. The molecule has 0 aliphatic carbocycles. The number of nitriles is 1. The van der Waals surface area contributed by atoms with Crippen LogP contribution in [0.3, 0.4) is 0 Å². The molecule has 0 spiro atoms. The summed E-state index contributed by atoms with van der Waals surface area (Å²) < 4.78 is 15.9. The molecular formula is C18H23ClN2O4. The molecule has 1 aromatic rings. The van der Waals surface area contributed by atoms with Crippen LogP contribution in [0.2, 0.25) is 5.02 Å². The lowest BCUT2D eigenvalue weighted by Crippen LogP contribution is -2.26. The largest absolute Gasteiger partial charge is 0.493 e. The summed E-state index contributed by atoms with van der Waals surface area (Å²) in [6.07, 6.45) is 2.06. The number of hydrogen-bond acceptors (Lipinski definition) is 5. The Morgan fingerprint density at radius 3 is 2.68 bits per heavy atom. The standard InChI is InChI=1S/C18H23ClN2O4/c1-12(2)25-17-15(19)9-13(10-16(17)24-4)8-14(11-20)18(22)21-6-5-7-23-3/h8-10,12H,5-7H2,1-4H3,(H,21,22)/b14-8+. The quantitative estimate of drug-likeness (QED) is 0.412. The summed E-state index contributed by atoms with van der Waals surface area (Å²) in [5.74, 6) is 0.417. The van der Waals surface area contributed by atoms with Gasteiger partial charge in [-0.1, -0.05) is 11.6 Å². The summed E-state index contributed by atoms with van der Waals surface area (Å²) in [6.45, 7) is 4.73. The van der Waals surface area contributed by atoms with Crippen molar-refractivity contribution in [2.75, 3.05) is 27.4 Å². The normalized spacial score (nSPS) is 11.2. The van der Waals surface area contributed by atoms with Crippen LogP contribution >= 0.6 is 11.6 Å². The van der Waals surface area contributed by atoms with Gasteiger partial charge in [-0.25, -0.2) is 0 Å². The molecule has 1 amide bonds. The zero-order valence-electron chi connectivity index (χ0n) is 14.9. The van der Waals surface area contributed by atoms with Crippen LogP contribution in [0.4, 0.5) is 0 Å². The van der Waals surface area contributed by atoms with E-state index in [9.17, 15) is 10.1 Å². The zero-order chi connectivity index (χ0) is 18.8. The Kier molecular flexibility index (Phi) is 8.82. The second-order valence-electron chi connectivity index (χ2n) is 5.47. The lowest BCUT2D eigenvalue weighted by molar-refractivity contribution is -0.117. The van der Waals surface area contributed by atoms with Crippen molar-refractivity contribution in [1.82, 2.24) is 5.32 Å². The van der Waals surface area contributed by atoms with Gasteiger partial charge in [-0.05, 0) is 44.0 Å². The van der Waals surface area contributed by atoms with Crippen LogP contribution in [0.15, 0.2) is 17.7 Å². The van der Waals surface area contributed by atoms with Gasteiger partial charge in [0.05, 0.1) is 18.2 Å². The number of halogens is 1. The Balaban J connectivity index is 3.01. The molecule has 136 valence electrons. The van der Waals surface area contributed by atoms with E-state index < -0.39 is 5.91 Å². The van der Waals surface area contributed by atoms with Gasteiger partial charge in [0, 0.05) is 20.3 Å². The summed E-state index contributed by atoms with van der Waals surface area (Å²) in [6, 6.07) is 5.19. The molecule has 1 N–H and O–H groups in total. The number of amides is 1. The molecule has 1 aromatic carbocycles. The maximum Gasteiger partial charge on any atom is 0.261 e. The summed E-state index contributed by atoms with van der Waals surface area (Å²) in [4.78, 5) is 12.1. The van der Waals surface area contributed by atoms with Crippen molar-refractivity contribution in [3.63, 3.8) is 0 Å². The Morgan fingerprint density at radius 1 is 1.40 bits per heavy atom. The van der Waals surface area contributed by atoms with Gasteiger partial charge in [0.25, 0.3) is 5.91 Å². The van der Waals surface area contributed by atoms with Crippen molar-refractivity contribution in [3.05, 3.63) is 28.3 Å². The monoisotopic (exact) mass is 366 g/mol. The third-order valence-electron chi connectivity index (χ3n) is 3.09. The van der Waals surface area contributed by atoms with E-state index in [2.05, 4.69) is 5.32 Å². The van der Waals surface area contributed by atoms with Crippen LogP contribution < -0.4 is 14.8 Å². The van der Waals surface area contributed by atoms with Crippen molar-refractivity contribution in [2.24, 2.45) is 0 Å². The van der Waals surface area contributed by atoms with Gasteiger partial charge in [0.2, 0.25) is 0 Å². The molecule has 0 aliphatic rings. The molecule has 0 fully saturated rings. The Labute approximate surface area is 153 Å². The molecule has 0 aliphatic heterocycles. The summed E-state index contributed by atoms with van der Waals surface area (Å²) in [7, 11) is 3.09. The van der Waals surface area contributed by atoms with E-state index in [0.717, 1.165) is 0 Å². The van der Waals surface area contributed by atoms with Gasteiger partial charge in [0.15, 0.2) is 11.5 Å². The first-order valence-corrected chi connectivity index (χ1v) is 8.23. The van der Waals surface area contributed by atoms with Crippen molar-refractivity contribution >= 4 is 23.6 Å². The molecule has 0 atom stereocenters. The number of carbonyl (C=O) groups is 1. The van der Waals surface area contributed by atoms with E-state index >= 15 is 0 Å². The third-order valence-corrected chi connectivity index (χ3v) is 3.37. The minimum absolute atomic E-state index is 0.0203. The van der Waals surface area contributed by atoms with E-state index in [0.29, 0.717) is 41.7 Å². The van der Waals surface area contributed by atoms with Crippen LogP contribution in [-0.4, -0.2) is 39.4 Å². The van der Waals surface area contributed by atoms with Crippen molar-refractivity contribution in [1.29, 1.82) is 5.26 Å². The van der Waals surface area contributed by atoms with E-state index in [-0.39, 0.29) is 11.7 Å². The van der Waals surface area contributed by atoms with Crippen LogP contribution in [0.5, 0.6) is 11.5 Å². The van der Waals surface area contributed by atoms with Crippen molar-refractivity contribution in [3.8, 4) is 17.6 Å². The lowest BCUT2D eigenvalue weighted by atomic mass is 10.1. The molecular weight excluding hydrogens is 344 g/mol. The number of nitrogens with zero attached hydrogens (tertiary/aromatic N) is 1. The molecule has 7 heteroatoms. The van der Waals surface area contributed by atoms with Gasteiger partial charge in [0.1, 0.15) is 11.6 Å². The number of rotatable bonds is 9. The highest BCUT2D eigenvalue weighted by Crippen LogP contribution is 2.37. The molecule has 0 aromatic heterocycles. The highest BCUT2D eigenvalue weighted by atomic mass is 35.5. The summed E-state index contributed by atoms with van der Waals surface area (Å²) >= 11 is 6.25. The van der Waals surface area contributed by atoms with Crippen LogP contribution in [0.25, 0.3) is 6.08 Å². The fourth-order valence-corrected chi connectivity index (χ4v) is 2.27. The van der Waals surface area contributed by atoms with Gasteiger partial charge in [-0.15, -0.1) is 0 Å². The summed E-state index contributed by atoms with van der Waals surface area (Å²) in [5.41, 5.74) is 0.551. The van der Waals surface area contributed by atoms with E-state index in [1.807, 2.05) is 19.9 Å². The first kappa shape index (κ1) is 20.8. The van der Waals surface area contributed by atoms with Gasteiger partial charge in [-0.2, -0.15) is 5.26 Å². The Hall–Kier alpha value is -2.23. The highest BCUT2D eigenvalue weighted by molar-refractivity contribution is 6.32. The molecule has 25 heavy (non-hydrogen) atoms. The predicted molar refractivity (Wildman–Crippen MR) is 96.9 cm³/mol. The van der Waals surface area contributed by atoms with Gasteiger partial charge >= 0.3 is 0 Å². The molecule has 0 saturated carbocycles. The molecule has 0 bridgehead atoms. The highest BCUT2D eigenvalue weighted by Gasteiger charge is 2.14. The third kappa shape index (κ3) is 6.65. The first-order valence-electron chi connectivity index (χ1n) is 7.86. The van der Waals surface area contributed by atoms with Crippen LogP contribution in [0, 0.1) is 11.3 Å². The predicted octanol–water partition coefficient (Wildman–Crippen LogP) is 3.20. The van der Waals surface area contributed by atoms with Crippen molar-refractivity contribution < 1.29 is 19.0 Å². The smallest absolute Gasteiger partial charge is 0.261 e. The average Bonchev–Trinajstić information content (AvgIpc) is 2.58. The fourth-order valence-electron chi connectivity index (χ4n) is 2.00. The van der Waals surface area contributed by atoms with Crippen molar-refractivity contribution in [2.45, 2.75) is 26.4 Å². The summed E-state index contributed by atoms with van der Waals surface area (Å²) in [5, 5.41) is 12.3. The number of methoxy groups -OCH3 is 2. The molecule has 0 saturated heterocycles. The average molecular weight is 367 g/mol. The van der Waals surface area contributed by atoms with Crippen LogP contribution in [-0.2, 0) is 9.53 Å². The Morgan fingerprint density at radius 2 is 2.12 bits per heavy atom. The van der Waals surface area contributed by atoms with Gasteiger partial charge < -0.3 is 19.5 Å². The minimum Gasteiger partial charge on any atom is -0.493 e. The number of carbonyl (C=O) groups excluding carboxylic acids is 1. The lowest BCUT2D eigenvalue weighted by Gasteiger charge is -2.15. The Bertz CT molecular complexity index is 666. The molecule has 0 heterocycles. The number of nitrogens with one attached hydrogen (secondary N) is 1. The van der Waals surface area contributed by atoms with Gasteiger partial charge in [-0.3, -0.25) is 4.79 Å². The fraction of sp³-hybridized carbons (Fsp3) is 0.444. The van der Waals surface area contributed by atoms with E-state index in [1.54, 1.807) is 19.2 Å². The minimum atomic E-state index is -0.448. The van der Waals surface area contributed by atoms with E-state index in [4.69, 9.17) is 25.8 Å². The second-order valence-corrected chi connectivity index (χ2v) is 5.88. The first-order chi connectivity index (χ1) is 11.9. The molecule has 0 unspecified atom stereocenters. The zero-order valence-corrected chi connectivity index (χ0v) is 15.6. The molecule has 1 rings (SSSR count). The molecule has 6 nitrogen and oxygen atoms in total. The number of benzene rings is 1.